The number of hydrogen-bond acceptors (Lipinski definition) is 5. The maximum Gasteiger partial charge on any atom is 0.319 e. The van der Waals surface area contributed by atoms with Gasteiger partial charge >= 0.3 is 6.03 Å². The molecule has 3 amide bonds. The molecule has 2 aromatic rings. The van der Waals surface area contributed by atoms with E-state index >= 15 is 0 Å². The summed E-state index contributed by atoms with van der Waals surface area (Å²) in [5.41, 5.74) is 1.62. The van der Waals surface area contributed by atoms with E-state index in [-0.39, 0.29) is 23.7 Å². The summed E-state index contributed by atoms with van der Waals surface area (Å²) in [5, 5.41) is 22.1. The first-order valence-electron chi connectivity index (χ1n) is 8.90. The Balaban J connectivity index is 1.52. The van der Waals surface area contributed by atoms with E-state index in [1.165, 1.54) is 18.2 Å². The quantitative estimate of drug-likeness (QED) is 0.431. The van der Waals surface area contributed by atoms with Gasteiger partial charge in [-0.15, -0.1) is 0 Å². The molecule has 0 saturated heterocycles. The topological polar surface area (TPSA) is 125 Å². The third-order valence-electron chi connectivity index (χ3n) is 4.16. The molecule has 9 nitrogen and oxygen atoms in total. The number of non-ortho nitro benzene ring substituents is 1. The smallest absolute Gasteiger partial charge is 0.319 e. The van der Waals surface area contributed by atoms with E-state index in [1.807, 2.05) is 0 Å². The molecule has 1 unspecified atom stereocenters. The van der Waals surface area contributed by atoms with Gasteiger partial charge in [0.15, 0.2) is 0 Å². The highest BCUT2D eigenvalue weighted by molar-refractivity contribution is 5.96. The monoisotopic (exact) mass is 383 g/mol. The van der Waals surface area contributed by atoms with Crippen molar-refractivity contribution in [2.24, 2.45) is 0 Å². The molecule has 28 heavy (non-hydrogen) atoms. The van der Waals surface area contributed by atoms with Crippen LogP contribution >= 0.6 is 0 Å². The predicted molar refractivity (Wildman–Crippen MR) is 106 cm³/mol. The van der Waals surface area contributed by atoms with Crippen LogP contribution in [0.1, 0.15) is 19.8 Å². The SMILES string of the molecule is CC(Nc1ccc(NC(=O)NC2CC2)cc1)C(=O)Nc1cccc([N+](=O)[O-])c1. The number of nitro groups is 1. The van der Waals surface area contributed by atoms with Crippen LogP contribution < -0.4 is 21.3 Å². The van der Waals surface area contributed by atoms with Gasteiger partial charge in [-0.05, 0) is 50.1 Å². The normalized spacial score (nSPS) is 13.9. The van der Waals surface area contributed by atoms with E-state index < -0.39 is 11.0 Å². The number of nitrogens with zero attached hydrogens (tertiary/aromatic N) is 1. The van der Waals surface area contributed by atoms with Crippen LogP contribution in [0.5, 0.6) is 0 Å². The van der Waals surface area contributed by atoms with Crippen LogP contribution in [0.15, 0.2) is 48.5 Å². The highest BCUT2D eigenvalue weighted by Gasteiger charge is 2.23. The summed E-state index contributed by atoms with van der Waals surface area (Å²) in [6.45, 7) is 1.68. The van der Waals surface area contributed by atoms with Crippen LogP contribution in [-0.2, 0) is 4.79 Å². The van der Waals surface area contributed by atoms with E-state index in [2.05, 4.69) is 21.3 Å². The van der Waals surface area contributed by atoms with Crippen molar-refractivity contribution in [2.75, 3.05) is 16.0 Å². The number of benzene rings is 2. The zero-order chi connectivity index (χ0) is 20.1. The van der Waals surface area contributed by atoms with Gasteiger partial charge in [0.1, 0.15) is 6.04 Å². The first-order chi connectivity index (χ1) is 13.4. The molecule has 1 aliphatic rings. The van der Waals surface area contributed by atoms with Crippen LogP contribution in [0, 0.1) is 10.1 Å². The second-order valence-corrected chi connectivity index (χ2v) is 6.61. The van der Waals surface area contributed by atoms with Gasteiger partial charge in [0.25, 0.3) is 5.69 Å². The average molecular weight is 383 g/mol. The molecule has 1 aliphatic carbocycles. The molecule has 0 heterocycles. The summed E-state index contributed by atoms with van der Waals surface area (Å²) >= 11 is 0. The van der Waals surface area contributed by atoms with Gasteiger partial charge in [0, 0.05) is 35.2 Å². The van der Waals surface area contributed by atoms with Gasteiger partial charge in [-0.1, -0.05) is 6.07 Å². The molecule has 0 radical (unpaired) electrons. The number of anilines is 3. The van der Waals surface area contributed by atoms with Crippen LogP contribution in [0.4, 0.5) is 27.5 Å². The van der Waals surface area contributed by atoms with Crippen LogP contribution in [0.25, 0.3) is 0 Å². The molecule has 1 saturated carbocycles. The van der Waals surface area contributed by atoms with Crippen LogP contribution in [0.2, 0.25) is 0 Å². The minimum Gasteiger partial charge on any atom is -0.374 e. The summed E-state index contributed by atoms with van der Waals surface area (Å²) in [6, 6.07) is 12.2. The van der Waals surface area contributed by atoms with Gasteiger partial charge in [-0.2, -0.15) is 0 Å². The zero-order valence-corrected chi connectivity index (χ0v) is 15.3. The number of carbonyl (C=O) groups is 2. The summed E-state index contributed by atoms with van der Waals surface area (Å²) in [7, 11) is 0. The molecule has 146 valence electrons. The third-order valence-corrected chi connectivity index (χ3v) is 4.16. The van der Waals surface area contributed by atoms with Crippen molar-refractivity contribution >= 4 is 34.7 Å². The number of rotatable bonds is 7. The third kappa shape index (κ3) is 5.44. The molecule has 0 aliphatic heterocycles. The molecule has 0 aromatic heterocycles. The standard InChI is InChI=1S/C19H21N5O4/c1-12(18(25)21-16-3-2-4-17(11-16)24(27)28)20-13-5-7-14(8-6-13)22-19(26)23-15-9-10-15/h2-8,11-12,15,20H,9-10H2,1H3,(H,21,25)(H2,22,23,26). The molecular formula is C19H21N5O4. The van der Waals surface area contributed by atoms with Crippen molar-refractivity contribution in [3.8, 4) is 0 Å². The Hall–Kier alpha value is -3.62. The summed E-state index contributed by atoms with van der Waals surface area (Å²) < 4.78 is 0. The molecule has 0 spiro atoms. The fourth-order valence-electron chi connectivity index (χ4n) is 2.49. The van der Waals surface area contributed by atoms with Gasteiger partial charge in [0.2, 0.25) is 5.91 Å². The van der Waals surface area contributed by atoms with Crippen molar-refractivity contribution in [3.63, 3.8) is 0 Å². The summed E-state index contributed by atoms with van der Waals surface area (Å²) in [5.74, 6) is -0.327. The first kappa shape index (κ1) is 19.2. The van der Waals surface area contributed by atoms with Crippen molar-refractivity contribution in [3.05, 3.63) is 58.6 Å². The number of nitrogens with one attached hydrogen (secondary N) is 4. The average Bonchev–Trinajstić information content (AvgIpc) is 3.47. The Bertz CT molecular complexity index is 880. The van der Waals surface area contributed by atoms with Crippen molar-refractivity contribution in [1.29, 1.82) is 0 Å². The Morgan fingerprint density at radius 3 is 2.36 bits per heavy atom. The van der Waals surface area contributed by atoms with E-state index in [1.54, 1.807) is 37.3 Å². The molecule has 2 aromatic carbocycles. The Labute approximate surface area is 161 Å². The Morgan fingerprint density at radius 1 is 1.04 bits per heavy atom. The molecule has 1 atom stereocenters. The lowest BCUT2D eigenvalue weighted by Gasteiger charge is -2.16. The largest absolute Gasteiger partial charge is 0.374 e. The summed E-state index contributed by atoms with van der Waals surface area (Å²) in [6.07, 6.45) is 2.04. The second kappa shape index (κ2) is 8.38. The Kier molecular flexibility index (Phi) is 5.73. The van der Waals surface area contributed by atoms with E-state index in [0.717, 1.165) is 12.8 Å². The highest BCUT2D eigenvalue weighted by atomic mass is 16.6. The van der Waals surface area contributed by atoms with E-state index in [0.29, 0.717) is 17.1 Å². The molecule has 9 heteroatoms. The lowest BCUT2D eigenvalue weighted by molar-refractivity contribution is -0.384. The first-order valence-corrected chi connectivity index (χ1v) is 8.90. The summed E-state index contributed by atoms with van der Waals surface area (Å²) in [4.78, 5) is 34.3. The van der Waals surface area contributed by atoms with Gasteiger partial charge in [-0.25, -0.2) is 4.79 Å². The van der Waals surface area contributed by atoms with Gasteiger partial charge < -0.3 is 21.3 Å². The molecular weight excluding hydrogens is 362 g/mol. The van der Waals surface area contributed by atoms with Crippen molar-refractivity contribution in [1.82, 2.24) is 5.32 Å². The Morgan fingerprint density at radius 2 is 1.71 bits per heavy atom. The number of carbonyl (C=O) groups excluding carboxylic acids is 2. The van der Waals surface area contributed by atoms with Crippen LogP contribution in [0.3, 0.4) is 0 Å². The highest BCUT2D eigenvalue weighted by Crippen LogP contribution is 2.20. The van der Waals surface area contributed by atoms with Crippen LogP contribution in [-0.4, -0.2) is 28.9 Å². The molecule has 4 N–H and O–H groups in total. The van der Waals surface area contributed by atoms with Crippen molar-refractivity contribution < 1.29 is 14.5 Å². The van der Waals surface area contributed by atoms with E-state index in [4.69, 9.17) is 0 Å². The minimum atomic E-state index is -0.573. The minimum absolute atomic E-state index is 0.0905. The number of nitro benzene ring substituents is 1. The lowest BCUT2D eigenvalue weighted by atomic mass is 10.2. The van der Waals surface area contributed by atoms with Gasteiger partial charge in [0.05, 0.1) is 4.92 Å². The molecule has 0 bridgehead atoms. The predicted octanol–water partition coefficient (Wildman–Crippen LogP) is 3.32. The maximum atomic E-state index is 12.3. The second-order valence-electron chi connectivity index (χ2n) is 6.61. The number of urea groups is 1. The molecule has 3 rings (SSSR count). The fraction of sp³-hybridized carbons (Fsp3) is 0.263. The fourth-order valence-corrected chi connectivity index (χ4v) is 2.49. The number of amides is 3. The van der Waals surface area contributed by atoms with Crippen molar-refractivity contribution in [2.45, 2.75) is 31.8 Å². The number of hydrogen-bond donors (Lipinski definition) is 4. The van der Waals surface area contributed by atoms with Gasteiger partial charge in [-0.3, -0.25) is 14.9 Å². The zero-order valence-electron chi connectivity index (χ0n) is 15.3. The van der Waals surface area contributed by atoms with E-state index in [9.17, 15) is 19.7 Å². The maximum absolute atomic E-state index is 12.3. The molecule has 1 fully saturated rings. The lowest BCUT2D eigenvalue weighted by Crippen LogP contribution is -2.32.